The minimum atomic E-state index is -1.46. The van der Waals surface area contributed by atoms with Crippen LogP contribution in [0.4, 0.5) is 4.39 Å². The molecule has 0 radical (unpaired) electrons. The second-order valence-corrected chi connectivity index (χ2v) is 2.84. The lowest BCUT2D eigenvalue weighted by atomic mass is 10.1. The Labute approximate surface area is 78.9 Å². The number of carbonyl (C=O) groups is 1. The number of benzene rings is 1. The van der Waals surface area contributed by atoms with E-state index >= 15 is 0 Å². The summed E-state index contributed by atoms with van der Waals surface area (Å²) in [6.07, 6.45) is 0. The molecule has 0 fully saturated rings. The molecule has 0 aliphatic carbocycles. The van der Waals surface area contributed by atoms with E-state index in [2.05, 4.69) is 0 Å². The lowest BCUT2D eigenvalue weighted by Gasteiger charge is -2.20. The molecule has 4 nitrogen and oxygen atoms in total. The average molecular weight is 197 g/mol. The fourth-order valence-electron chi connectivity index (χ4n) is 1.33. The number of fused-ring (bicyclic) bond motifs is 1. The second-order valence-electron chi connectivity index (χ2n) is 2.84. The maximum atomic E-state index is 12.9. The van der Waals surface area contributed by atoms with Crippen LogP contribution in [0, 0.1) is 5.82 Å². The van der Waals surface area contributed by atoms with Crippen LogP contribution < -0.4 is 9.84 Å². The molecule has 5 heteroatoms. The first-order valence-corrected chi connectivity index (χ1v) is 3.93. The first-order valence-electron chi connectivity index (χ1n) is 3.93. The van der Waals surface area contributed by atoms with Crippen molar-refractivity contribution in [3.63, 3.8) is 0 Å². The number of carboxylic acid groups (broad SMARTS) is 1. The third-order valence-electron chi connectivity index (χ3n) is 1.89. The van der Waals surface area contributed by atoms with E-state index in [4.69, 9.17) is 9.47 Å². The van der Waals surface area contributed by atoms with Crippen molar-refractivity contribution in [2.24, 2.45) is 0 Å². The first kappa shape index (κ1) is 8.96. The fourth-order valence-corrected chi connectivity index (χ4v) is 1.33. The third-order valence-corrected chi connectivity index (χ3v) is 1.89. The molecule has 2 rings (SSSR count). The summed E-state index contributed by atoms with van der Waals surface area (Å²) in [6.45, 7) is 0.117. The first-order chi connectivity index (χ1) is 6.68. The molecule has 0 saturated heterocycles. The van der Waals surface area contributed by atoms with Crippen molar-refractivity contribution in [1.29, 1.82) is 0 Å². The van der Waals surface area contributed by atoms with E-state index in [1.165, 1.54) is 6.07 Å². The number of ether oxygens (including phenoxy) is 2. The van der Waals surface area contributed by atoms with Gasteiger partial charge in [-0.2, -0.15) is 0 Å². The molecule has 0 unspecified atom stereocenters. The SMILES string of the molecule is O=C([O-])c1cc(F)cc2c1OCOC2. The van der Waals surface area contributed by atoms with Crippen LogP contribution in [-0.2, 0) is 11.3 Å². The molecular formula is C9H6FO4-. The predicted molar refractivity (Wildman–Crippen MR) is 41.0 cm³/mol. The van der Waals surface area contributed by atoms with Crippen molar-refractivity contribution in [2.45, 2.75) is 6.61 Å². The van der Waals surface area contributed by atoms with Crippen LogP contribution in [-0.4, -0.2) is 12.8 Å². The van der Waals surface area contributed by atoms with Crippen molar-refractivity contribution in [3.8, 4) is 5.75 Å². The van der Waals surface area contributed by atoms with E-state index in [0.717, 1.165) is 6.07 Å². The van der Waals surface area contributed by atoms with E-state index in [0.29, 0.717) is 5.56 Å². The van der Waals surface area contributed by atoms with E-state index in [1.807, 2.05) is 0 Å². The Morgan fingerprint density at radius 2 is 2.29 bits per heavy atom. The van der Waals surface area contributed by atoms with Crippen molar-refractivity contribution in [3.05, 3.63) is 29.1 Å². The molecule has 1 aliphatic rings. The summed E-state index contributed by atoms with van der Waals surface area (Å²) in [7, 11) is 0. The van der Waals surface area contributed by atoms with E-state index in [9.17, 15) is 14.3 Å². The van der Waals surface area contributed by atoms with Gasteiger partial charge in [-0.15, -0.1) is 0 Å². The largest absolute Gasteiger partial charge is 0.545 e. The lowest BCUT2D eigenvalue weighted by molar-refractivity contribution is -0.255. The minimum absolute atomic E-state index is 0.0289. The molecular weight excluding hydrogens is 191 g/mol. The highest BCUT2D eigenvalue weighted by atomic mass is 19.1. The van der Waals surface area contributed by atoms with Gasteiger partial charge in [-0.05, 0) is 12.1 Å². The van der Waals surface area contributed by atoms with Crippen LogP contribution >= 0.6 is 0 Å². The van der Waals surface area contributed by atoms with Gasteiger partial charge in [0, 0.05) is 11.1 Å². The summed E-state index contributed by atoms with van der Waals surface area (Å²) in [5.41, 5.74) is 0.110. The minimum Gasteiger partial charge on any atom is -0.545 e. The van der Waals surface area contributed by atoms with Crippen LogP contribution in [0.1, 0.15) is 15.9 Å². The molecule has 1 heterocycles. The Kier molecular flexibility index (Phi) is 2.09. The number of carboxylic acids is 1. The highest BCUT2D eigenvalue weighted by Gasteiger charge is 2.17. The molecule has 14 heavy (non-hydrogen) atoms. The molecule has 1 aromatic rings. The van der Waals surface area contributed by atoms with Crippen molar-refractivity contribution in [2.75, 3.05) is 6.79 Å². The zero-order valence-corrected chi connectivity index (χ0v) is 7.08. The van der Waals surface area contributed by atoms with Gasteiger partial charge in [-0.3, -0.25) is 0 Å². The van der Waals surface area contributed by atoms with Crippen molar-refractivity contribution < 1.29 is 23.8 Å². The van der Waals surface area contributed by atoms with Crippen LogP contribution in [0.25, 0.3) is 0 Å². The molecule has 1 aromatic carbocycles. The Morgan fingerprint density at radius 3 is 3.00 bits per heavy atom. The van der Waals surface area contributed by atoms with Crippen molar-refractivity contribution >= 4 is 5.97 Å². The van der Waals surface area contributed by atoms with Gasteiger partial charge in [0.1, 0.15) is 11.6 Å². The maximum absolute atomic E-state index is 12.9. The fraction of sp³-hybridized carbons (Fsp3) is 0.222. The number of halogens is 1. The van der Waals surface area contributed by atoms with Gasteiger partial charge in [0.15, 0.2) is 6.79 Å². The molecule has 0 atom stereocenters. The lowest BCUT2D eigenvalue weighted by Crippen LogP contribution is -2.25. The Hall–Kier alpha value is -1.62. The van der Waals surface area contributed by atoms with E-state index in [-0.39, 0.29) is 24.7 Å². The van der Waals surface area contributed by atoms with Crippen LogP contribution in [0.3, 0.4) is 0 Å². The molecule has 0 amide bonds. The zero-order valence-electron chi connectivity index (χ0n) is 7.08. The molecule has 0 spiro atoms. The summed E-state index contributed by atoms with van der Waals surface area (Å²) in [5.74, 6) is -1.96. The number of hydrogen-bond donors (Lipinski definition) is 0. The maximum Gasteiger partial charge on any atom is 0.189 e. The van der Waals surface area contributed by atoms with E-state index < -0.39 is 11.8 Å². The monoisotopic (exact) mass is 197 g/mol. The molecule has 1 aliphatic heterocycles. The standard InChI is InChI=1S/C9H7FO4/c10-6-1-5-3-13-4-14-8(5)7(2-6)9(11)12/h1-2H,3-4H2,(H,11,12)/p-1. The van der Waals surface area contributed by atoms with Gasteiger partial charge >= 0.3 is 0 Å². The average Bonchev–Trinajstić information content (AvgIpc) is 2.16. The summed E-state index contributed by atoms with van der Waals surface area (Å²) in [4.78, 5) is 10.6. The summed E-state index contributed by atoms with van der Waals surface area (Å²) in [5, 5.41) is 10.6. The Morgan fingerprint density at radius 1 is 1.50 bits per heavy atom. The normalized spacial score (nSPS) is 14.4. The molecule has 74 valence electrons. The molecule has 0 saturated carbocycles. The van der Waals surface area contributed by atoms with E-state index in [1.54, 1.807) is 0 Å². The summed E-state index contributed by atoms with van der Waals surface area (Å²) in [6, 6.07) is 2.06. The van der Waals surface area contributed by atoms with Crippen molar-refractivity contribution in [1.82, 2.24) is 0 Å². The van der Waals surface area contributed by atoms with Gasteiger partial charge in [0.05, 0.1) is 12.6 Å². The summed E-state index contributed by atoms with van der Waals surface area (Å²) < 4.78 is 22.8. The van der Waals surface area contributed by atoms with Gasteiger partial charge in [-0.1, -0.05) is 0 Å². The van der Waals surface area contributed by atoms with Crippen LogP contribution in [0.5, 0.6) is 5.75 Å². The zero-order chi connectivity index (χ0) is 10.1. The van der Waals surface area contributed by atoms with Gasteiger partial charge in [0.2, 0.25) is 0 Å². The highest BCUT2D eigenvalue weighted by molar-refractivity contribution is 5.89. The van der Waals surface area contributed by atoms with Crippen LogP contribution in [0.2, 0.25) is 0 Å². The highest BCUT2D eigenvalue weighted by Crippen LogP contribution is 2.28. The smallest absolute Gasteiger partial charge is 0.189 e. The number of carbonyl (C=O) groups excluding carboxylic acids is 1. The number of hydrogen-bond acceptors (Lipinski definition) is 4. The number of aromatic carboxylic acids is 1. The summed E-state index contributed by atoms with van der Waals surface area (Å²) >= 11 is 0. The third kappa shape index (κ3) is 1.42. The predicted octanol–water partition coefficient (Wildman–Crippen LogP) is 0.0557. The molecule has 0 bridgehead atoms. The Bertz CT molecular complexity index is 389. The topological polar surface area (TPSA) is 58.6 Å². The molecule has 0 N–H and O–H groups in total. The Balaban J connectivity index is 2.58. The van der Waals surface area contributed by atoms with Gasteiger partial charge < -0.3 is 19.4 Å². The van der Waals surface area contributed by atoms with Gasteiger partial charge in [-0.25, -0.2) is 4.39 Å². The molecule has 0 aromatic heterocycles. The van der Waals surface area contributed by atoms with Gasteiger partial charge in [0.25, 0.3) is 0 Å². The quantitative estimate of drug-likeness (QED) is 0.638. The second kappa shape index (κ2) is 3.26. The van der Waals surface area contributed by atoms with Crippen LogP contribution in [0.15, 0.2) is 12.1 Å². The number of rotatable bonds is 1.